The van der Waals surface area contributed by atoms with Crippen molar-refractivity contribution in [3.05, 3.63) is 0 Å². The largest absolute Gasteiger partial charge is 0.469 e. The van der Waals surface area contributed by atoms with Crippen LogP contribution in [0.5, 0.6) is 0 Å². The molecule has 0 aromatic carbocycles. The van der Waals surface area contributed by atoms with Crippen LogP contribution in [0.1, 0.15) is 6.42 Å². The fourth-order valence-corrected chi connectivity index (χ4v) is 2.92. The number of hydrogen-bond donors (Lipinski definition) is 1. The Morgan fingerprint density at radius 3 is 2.62 bits per heavy atom. The van der Waals surface area contributed by atoms with Gasteiger partial charge in [0, 0.05) is 0 Å². The van der Waals surface area contributed by atoms with Crippen LogP contribution < -0.4 is 0 Å². The molecular formula is C7H12O5S. The van der Waals surface area contributed by atoms with Gasteiger partial charge in [0.2, 0.25) is 0 Å². The minimum Gasteiger partial charge on any atom is -0.469 e. The number of rotatable bonds is 1. The van der Waals surface area contributed by atoms with Crippen molar-refractivity contribution in [3.63, 3.8) is 0 Å². The van der Waals surface area contributed by atoms with Crippen molar-refractivity contribution in [1.29, 1.82) is 0 Å². The van der Waals surface area contributed by atoms with E-state index in [2.05, 4.69) is 4.74 Å². The second-order valence-corrected chi connectivity index (χ2v) is 5.33. The number of carbonyl (C=O) groups is 1. The van der Waals surface area contributed by atoms with E-state index in [0.717, 1.165) is 0 Å². The molecule has 0 bridgehead atoms. The highest BCUT2D eigenvalue weighted by Crippen LogP contribution is 2.20. The minimum atomic E-state index is -3.16. The molecule has 2 atom stereocenters. The number of aliphatic hydroxyl groups excluding tert-OH is 1. The lowest BCUT2D eigenvalue weighted by Gasteiger charge is -2.24. The smallest absolute Gasteiger partial charge is 0.311 e. The van der Waals surface area contributed by atoms with Crippen LogP contribution in [-0.4, -0.2) is 44.2 Å². The fraction of sp³-hybridized carbons (Fsp3) is 0.857. The summed E-state index contributed by atoms with van der Waals surface area (Å²) >= 11 is 0. The van der Waals surface area contributed by atoms with E-state index in [1.807, 2.05) is 0 Å². The van der Waals surface area contributed by atoms with Crippen molar-refractivity contribution < 1.29 is 23.1 Å². The van der Waals surface area contributed by atoms with Crippen LogP contribution in [0.4, 0.5) is 0 Å². The van der Waals surface area contributed by atoms with E-state index < -0.39 is 27.8 Å². The van der Waals surface area contributed by atoms with Gasteiger partial charge in [0.15, 0.2) is 9.84 Å². The number of hydrogen-bond acceptors (Lipinski definition) is 5. The zero-order valence-electron chi connectivity index (χ0n) is 7.26. The Balaban J connectivity index is 2.69. The van der Waals surface area contributed by atoms with Crippen LogP contribution in [0, 0.1) is 5.92 Å². The molecule has 1 saturated heterocycles. The molecule has 1 N–H and O–H groups in total. The Labute approximate surface area is 76.6 Å². The van der Waals surface area contributed by atoms with Crippen molar-refractivity contribution in [1.82, 2.24) is 0 Å². The van der Waals surface area contributed by atoms with Crippen LogP contribution in [0.2, 0.25) is 0 Å². The lowest BCUT2D eigenvalue weighted by Crippen LogP contribution is -2.41. The highest BCUT2D eigenvalue weighted by molar-refractivity contribution is 7.91. The molecule has 1 rings (SSSR count). The van der Waals surface area contributed by atoms with Crippen molar-refractivity contribution in [2.45, 2.75) is 12.5 Å². The average molecular weight is 208 g/mol. The van der Waals surface area contributed by atoms with Crippen molar-refractivity contribution in [2.24, 2.45) is 5.92 Å². The summed E-state index contributed by atoms with van der Waals surface area (Å²) in [5.74, 6) is -1.62. The van der Waals surface area contributed by atoms with Crippen molar-refractivity contribution in [3.8, 4) is 0 Å². The molecule has 1 aliphatic heterocycles. The Kier molecular flexibility index (Phi) is 2.92. The summed E-state index contributed by atoms with van der Waals surface area (Å²) in [7, 11) is -1.94. The molecule has 0 amide bonds. The molecule has 13 heavy (non-hydrogen) atoms. The second-order valence-electron chi connectivity index (χ2n) is 3.10. The number of aliphatic hydroxyl groups is 1. The number of ether oxygens (including phenoxy) is 1. The summed E-state index contributed by atoms with van der Waals surface area (Å²) in [5.41, 5.74) is 0. The standard InChI is InChI=1S/C7H12O5S/c1-12-7(9)5-2-3-13(10,11)4-6(5)8/h5-6,8H,2-4H2,1H3/t5-,6-/m0/s1. The third-order valence-electron chi connectivity index (χ3n) is 2.13. The molecule has 5 nitrogen and oxygen atoms in total. The monoisotopic (exact) mass is 208 g/mol. The topological polar surface area (TPSA) is 80.7 Å². The molecular weight excluding hydrogens is 196 g/mol. The lowest BCUT2D eigenvalue weighted by atomic mass is 10.0. The van der Waals surface area contributed by atoms with E-state index in [4.69, 9.17) is 0 Å². The predicted molar refractivity (Wildman–Crippen MR) is 44.8 cm³/mol. The summed E-state index contributed by atoms with van der Waals surface area (Å²) in [6.45, 7) is 0. The predicted octanol–water partition coefficient (Wildman–Crippen LogP) is -1.04. The summed E-state index contributed by atoms with van der Waals surface area (Å²) in [5, 5.41) is 9.33. The number of sulfone groups is 1. The highest BCUT2D eigenvalue weighted by Gasteiger charge is 2.36. The number of esters is 1. The van der Waals surface area contributed by atoms with Gasteiger partial charge in [-0.15, -0.1) is 0 Å². The molecule has 0 unspecified atom stereocenters. The number of carbonyl (C=O) groups excluding carboxylic acids is 1. The van der Waals surface area contributed by atoms with Gasteiger partial charge in [-0.3, -0.25) is 4.79 Å². The highest BCUT2D eigenvalue weighted by atomic mass is 32.2. The molecule has 1 heterocycles. The van der Waals surface area contributed by atoms with Gasteiger partial charge in [-0.25, -0.2) is 8.42 Å². The van der Waals surface area contributed by atoms with Gasteiger partial charge in [0.25, 0.3) is 0 Å². The SMILES string of the molecule is COC(=O)[C@H]1CCS(=O)(=O)C[C@@H]1O. The summed E-state index contributed by atoms with van der Waals surface area (Å²) in [6.07, 6.45) is -0.970. The average Bonchev–Trinajstić information content (AvgIpc) is 2.01. The van der Waals surface area contributed by atoms with Crippen LogP contribution >= 0.6 is 0 Å². The fourth-order valence-electron chi connectivity index (χ4n) is 1.38. The minimum absolute atomic E-state index is 0.0518. The molecule has 0 aromatic rings. The first kappa shape index (κ1) is 10.5. The molecule has 0 saturated carbocycles. The van der Waals surface area contributed by atoms with Crippen molar-refractivity contribution >= 4 is 15.8 Å². The van der Waals surface area contributed by atoms with Crippen molar-refractivity contribution in [2.75, 3.05) is 18.6 Å². The normalized spacial score (nSPS) is 32.5. The summed E-state index contributed by atoms with van der Waals surface area (Å²) in [4.78, 5) is 11.0. The maximum Gasteiger partial charge on any atom is 0.311 e. The van der Waals surface area contributed by atoms with E-state index in [1.54, 1.807) is 0 Å². The Hall–Kier alpha value is -0.620. The van der Waals surface area contributed by atoms with Crippen LogP contribution in [0.25, 0.3) is 0 Å². The molecule has 0 aliphatic carbocycles. The van der Waals surface area contributed by atoms with E-state index in [-0.39, 0.29) is 17.9 Å². The van der Waals surface area contributed by atoms with E-state index in [0.29, 0.717) is 0 Å². The maximum atomic E-state index is 11.0. The van der Waals surface area contributed by atoms with E-state index in [9.17, 15) is 18.3 Å². The lowest BCUT2D eigenvalue weighted by molar-refractivity contribution is -0.149. The maximum absolute atomic E-state index is 11.0. The molecule has 0 radical (unpaired) electrons. The molecule has 0 spiro atoms. The molecule has 1 fully saturated rings. The van der Waals surface area contributed by atoms with Gasteiger partial charge in [0.05, 0.1) is 30.6 Å². The Morgan fingerprint density at radius 2 is 2.15 bits per heavy atom. The molecule has 1 aliphatic rings. The zero-order chi connectivity index (χ0) is 10.1. The molecule has 6 heteroatoms. The van der Waals surface area contributed by atoms with Crippen LogP contribution in [0.15, 0.2) is 0 Å². The Morgan fingerprint density at radius 1 is 1.54 bits per heavy atom. The number of methoxy groups -OCH3 is 1. The quantitative estimate of drug-likeness (QED) is 0.556. The van der Waals surface area contributed by atoms with Gasteiger partial charge in [-0.1, -0.05) is 0 Å². The first-order chi connectivity index (χ1) is 5.96. The van der Waals surface area contributed by atoms with Gasteiger partial charge < -0.3 is 9.84 Å². The van der Waals surface area contributed by atoms with Gasteiger partial charge in [-0.05, 0) is 6.42 Å². The Bertz CT molecular complexity index is 294. The molecule has 0 aromatic heterocycles. The van der Waals surface area contributed by atoms with Gasteiger partial charge >= 0.3 is 5.97 Å². The first-order valence-corrected chi connectivity index (χ1v) is 5.75. The van der Waals surface area contributed by atoms with E-state index >= 15 is 0 Å². The van der Waals surface area contributed by atoms with Gasteiger partial charge in [0.1, 0.15) is 0 Å². The summed E-state index contributed by atoms with van der Waals surface area (Å²) < 4.78 is 26.4. The first-order valence-electron chi connectivity index (χ1n) is 3.92. The second kappa shape index (κ2) is 3.63. The van der Waals surface area contributed by atoms with E-state index in [1.165, 1.54) is 7.11 Å². The van der Waals surface area contributed by atoms with Crippen LogP contribution in [0.3, 0.4) is 0 Å². The third-order valence-corrected chi connectivity index (χ3v) is 3.84. The summed E-state index contributed by atoms with van der Waals surface area (Å²) in [6, 6.07) is 0. The third kappa shape index (κ3) is 2.41. The van der Waals surface area contributed by atoms with Gasteiger partial charge in [-0.2, -0.15) is 0 Å². The van der Waals surface area contributed by atoms with Crippen LogP contribution in [-0.2, 0) is 19.4 Å². The molecule has 76 valence electrons. The zero-order valence-corrected chi connectivity index (χ0v) is 8.08.